The van der Waals surface area contributed by atoms with Gasteiger partial charge in [-0.1, -0.05) is 17.7 Å². The molecule has 0 atom stereocenters. The lowest BCUT2D eigenvalue weighted by Crippen LogP contribution is -1.97. The number of halogens is 1. The van der Waals surface area contributed by atoms with Crippen LogP contribution in [-0.4, -0.2) is 20.8 Å². The zero-order valence-electron chi connectivity index (χ0n) is 7.84. The molecule has 0 fully saturated rings. The van der Waals surface area contributed by atoms with E-state index in [0.29, 0.717) is 11.6 Å². The Morgan fingerprint density at radius 2 is 2.08 bits per heavy atom. The molecular weight excluding hydrogens is 188 g/mol. The fourth-order valence-corrected chi connectivity index (χ4v) is 1.30. The van der Waals surface area contributed by atoms with Crippen molar-refractivity contribution in [1.29, 1.82) is 0 Å². The Morgan fingerprint density at radius 3 is 2.69 bits per heavy atom. The Morgan fingerprint density at radius 1 is 1.31 bits per heavy atom. The van der Waals surface area contributed by atoms with Gasteiger partial charge in [0.2, 0.25) is 0 Å². The van der Waals surface area contributed by atoms with Gasteiger partial charge in [0.25, 0.3) is 0 Å². The number of benzene rings is 1. The summed E-state index contributed by atoms with van der Waals surface area (Å²) in [5.41, 5.74) is 1.12. The van der Waals surface area contributed by atoms with Crippen molar-refractivity contribution in [3.05, 3.63) is 28.8 Å². The van der Waals surface area contributed by atoms with E-state index in [2.05, 4.69) is 0 Å². The quantitative estimate of drug-likeness (QED) is 0.744. The average Bonchev–Trinajstić information content (AvgIpc) is 2.16. The molecule has 0 spiro atoms. The maximum atomic E-state index is 5.82. The van der Waals surface area contributed by atoms with Gasteiger partial charge in [-0.2, -0.15) is 0 Å². The van der Waals surface area contributed by atoms with Crippen LogP contribution >= 0.6 is 11.6 Å². The van der Waals surface area contributed by atoms with Gasteiger partial charge in [-0.05, 0) is 24.1 Å². The number of hydrogen-bond donors (Lipinski definition) is 0. The van der Waals surface area contributed by atoms with Crippen LogP contribution in [0.5, 0.6) is 5.75 Å². The summed E-state index contributed by atoms with van der Waals surface area (Å²) in [6.07, 6.45) is 0.844. The Bertz CT molecular complexity index is 274. The highest BCUT2D eigenvalue weighted by Gasteiger charge is 2.02. The van der Waals surface area contributed by atoms with E-state index in [1.165, 1.54) is 0 Å². The molecule has 0 heterocycles. The lowest BCUT2D eigenvalue weighted by Gasteiger charge is -2.07. The van der Waals surface area contributed by atoms with Crippen molar-refractivity contribution >= 4 is 11.6 Å². The summed E-state index contributed by atoms with van der Waals surface area (Å²) in [4.78, 5) is 0. The van der Waals surface area contributed by atoms with Crippen molar-refractivity contribution < 1.29 is 9.47 Å². The van der Waals surface area contributed by atoms with E-state index < -0.39 is 0 Å². The molecule has 2 nitrogen and oxygen atoms in total. The van der Waals surface area contributed by atoms with Crippen molar-refractivity contribution in [3.8, 4) is 5.75 Å². The summed E-state index contributed by atoms with van der Waals surface area (Å²) < 4.78 is 10.2. The molecule has 0 aliphatic rings. The van der Waals surface area contributed by atoms with Gasteiger partial charge in [0.1, 0.15) is 5.75 Å². The molecule has 0 N–H and O–H groups in total. The molecule has 0 saturated heterocycles. The molecule has 13 heavy (non-hydrogen) atoms. The second-order valence-electron chi connectivity index (χ2n) is 2.70. The van der Waals surface area contributed by atoms with E-state index in [9.17, 15) is 0 Å². The van der Waals surface area contributed by atoms with E-state index in [1.807, 2.05) is 18.2 Å². The van der Waals surface area contributed by atoms with E-state index in [1.54, 1.807) is 14.2 Å². The van der Waals surface area contributed by atoms with Gasteiger partial charge < -0.3 is 9.47 Å². The Balaban J connectivity index is 2.79. The van der Waals surface area contributed by atoms with E-state index >= 15 is 0 Å². The highest BCUT2D eigenvalue weighted by atomic mass is 35.5. The first kappa shape index (κ1) is 10.4. The number of methoxy groups -OCH3 is 2. The SMILES string of the molecule is COCCc1ccc(Cl)cc1OC. The zero-order valence-corrected chi connectivity index (χ0v) is 8.60. The maximum absolute atomic E-state index is 5.82. The fourth-order valence-electron chi connectivity index (χ4n) is 1.14. The van der Waals surface area contributed by atoms with Crippen molar-refractivity contribution in [3.63, 3.8) is 0 Å². The molecule has 1 aromatic rings. The van der Waals surface area contributed by atoms with Crippen LogP contribution in [-0.2, 0) is 11.2 Å². The molecule has 1 rings (SSSR count). The predicted octanol–water partition coefficient (Wildman–Crippen LogP) is 2.54. The van der Waals surface area contributed by atoms with Crippen LogP contribution in [0.3, 0.4) is 0 Å². The largest absolute Gasteiger partial charge is 0.496 e. The summed E-state index contributed by atoms with van der Waals surface area (Å²) in [6, 6.07) is 5.63. The predicted molar refractivity (Wildman–Crippen MR) is 53.6 cm³/mol. The number of ether oxygens (including phenoxy) is 2. The lowest BCUT2D eigenvalue weighted by molar-refractivity contribution is 0.201. The van der Waals surface area contributed by atoms with Crippen LogP contribution in [0.15, 0.2) is 18.2 Å². The Hall–Kier alpha value is -0.730. The van der Waals surface area contributed by atoms with Gasteiger partial charge in [0.15, 0.2) is 0 Å². The van der Waals surface area contributed by atoms with Gasteiger partial charge in [0.05, 0.1) is 13.7 Å². The minimum absolute atomic E-state index is 0.692. The third-order valence-corrected chi connectivity index (χ3v) is 2.06. The topological polar surface area (TPSA) is 18.5 Å². The van der Waals surface area contributed by atoms with Gasteiger partial charge in [-0.15, -0.1) is 0 Å². The third kappa shape index (κ3) is 2.90. The van der Waals surface area contributed by atoms with E-state index in [-0.39, 0.29) is 0 Å². The number of hydrogen-bond acceptors (Lipinski definition) is 2. The lowest BCUT2D eigenvalue weighted by atomic mass is 10.1. The highest BCUT2D eigenvalue weighted by molar-refractivity contribution is 6.30. The van der Waals surface area contributed by atoms with Crippen LogP contribution in [0.2, 0.25) is 5.02 Å². The fraction of sp³-hybridized carbons (Fsp3) is 0.400. The highest BCUT2D eigenvalue weighted by Crippen LogP contribution is 2.23. The molecule has 72 valence electrons. The molecule has 0 aliphatic heterocycles. The minimum Gasteiger partial charge on any atom is -0.496 e. The average molecular weight is 201 g/mol. The molecule has 1 aromatic carbocycles. The second-order valence-corrected chi connectivity index (χ2v) is 3.14. The first-order valence-corrected chi connectivity index (χ1v) is 4.47. The zero-order chi connectivity index (χ0) is 9.68. The summed E-state index contributed by atoms with van der Waals surface area (Å²) in [6.45, 7) is 0.692. The van der Waals surface area contributed by atoms with E-state index in [4.69, 9.17) is 21.1 Å². The molecule has 0 unspecified atom stereocenters. The third-order valence-electron chi connectivity index (χ3n) is 1.82. The van der Waals surface area contributed by atoms with Crippen LogP contribution < -0.4 is 4.74 Å². The van der Waals surface area contributed by atoms with Crippen molar-refractivity contribution in [2.24, 2.45) is 0 Å². The van der Waals surface area contributed by atoms with Crippen LogP contribution in [0.25, 0.3) is 0 Å². The summed E-state index contributed by atoms with van der Waals surface area (Å²) in [5.74, 6) is 0.824. The number of rotatable bonds is 4. The van der Waals surface area contributed by atoms with Crippen molar-refractivity contribution in [2.75, 3.05) is 20.8 Å². The second kappa shape index (κ2) is 5.10. The summed E-state index contributed by atoms with van der Waals surface area (Å²) in [5, 5.41) is 0.693. The summed E-state index contributed by atoms with van der Waals surface area (Å²) in [7, 11) is 3.32. The minimum atomic E-state index is 0.692. The molecule has 0 aromatic heterocycles. The van der Waals surface area contributed by atoms with Gasteiger partial charge in [-0.3, -0.25) is 0 Å². The Labute approximate surface area is 83.4 Å². The van der Waals surface area contributed by atoms with Gasteiger partial charge in [-0.25, -0.2) is 0 Å². The monoisotopic (exact) mass is 200 g/mol. The smallest absolute Gasteiger partial charge is 0.123 e. The molecular formula is C10H13ClO2. The Kier molecular flexibility index (Phi) is 4.06. The van der Waals surface area contributed by atoms with Crippen molar-refractivity contribution in [1.82, 2.24) is 0 Å². The standard InChI is InChI=1S/C10H13ClO2/c1-12-6-5-8-3-4-9(11)7-10(8)13-2/h3-4,7H,5-6H2,1-2H3. The normalized spacial score (nSPS) is 10.1. The van der Waals surface area contributed by atoms with Crippen molar-refractivity contribution in [2.45, 2.75) is 6.42 Å². The maximum Gasteiger partial charge on any atom is 0.123 e. The first-order chi connectivity index (χ1) is 6.27. The molecule has 3 heteroatoms. The molecule has 0 radical (unpaired) electrons. The van der Waals surface area contributed by atoms with Gasteiger partial charge >= 0.3 is 0 Å². The van der Waals surface area contributed by atoms with Crippen LogP contribution in [0.4, 0.5) is 0 Å². The van der Waals surface area contributed by atoms with Crippen LogP contribution in [0.1, 0.15) is 5.56 Å². The van der Waals surface area contributed by atoms with Crippen LogP contribution in [0, 0.1) is 0 Å². The van der Waals surface area contributed by atoms with Gasteiger partial charge in [0, 0.05) is 12.1 Å². The molecule has 0 saturated carbocycles. The summed E-state index contributed by atoms with van der Waals surface area (Å²) >= 11 is 5.82. The van der Waals surface area contributed by atoms with E-state index in [0.717, 1.165) is 17.7 Å². The molecule has 0 amide bonds. The first-order valence-electron chi connectivity index (χ1n) is 4.09. The molecule has 0 aliphatic carbocycles. The molecule has 0 bridgehead atoms.